The molecular weight excluding hydrogens is 1150 g/mol. The quantitative estimate of drug-likeness (QED) is 0.0223. The highest BCUT2D eigenvalue weighted by Crippen LogP contribution is 2.40. The minimum Gasteiger partial charge on any atom is -0.491 e. The van der Waals surface area contributed by atoms with E-state index >= 15 is 4.39 Å². The number of rotatable bonds is 27. The number of carbonyl (C=O) groups is 6. The van der Waals surface area contributed by atoms with Crippen LogP contribution >= 0.6 is 22.9 Å². The van der Waals surface area contributed by atoms with Crippen molar-refractivity contribution in [2.24, 2.45) is 5.92 Å². The number of fused-ring (bicyclic) bond motifs is 1. The average molecular weight is 1220 g/mol. The van der Waals surface area contributed by atoms with Crippen LogP contribution in [0.1, 0.15) is 102 Å². The summed E-state index contributed by atoms with van der Waals surface area (Å²) >= 11 is 8.21. The summed E-state index contributed by atoms with van der Waals surface area (Å²) in [6.45, 7) is 10.4. The molecule has 2 saturated heterocycles. The molecule has 0 spiro atoms. The first-order valence-electron chi connectivity index (χ1n) is 29.2. The lowest BCUT2D eigenvalue weighted by Gasteiger charge is -2.35. The summed E-state index contributed by atoms with van der Waals surface area (Å²) in [5.41, 5.74) is 2.67. The van der Waals surface area contributed by atoms with Crippen molar-refractivity contribution in [2.75, 3.05) is 110 Å². The van der Waals surface area contributed by atoms with Gasteiger partial charge in [0.05, 0.1) is 44.1 Å². The zero-order valence-corrected chi connectivity index (χ0v) is 50.7. The van der Waals surface area contributed by atoms with E-state index in [1.807, 2.05) is 36.1 Å². The number of likely N-dealkylation sites (tertiary alicyclic amines) is 1. The van der Waals surface area contributed by atoms with Gasteiger partial charge in [-0.15, -0.1) is 11.3 Å². The van der Waals surface area contributed by atoms with Crippen LogP contribution in [0.4, 0.5) is 21.0 Å². The van der Waals surface area contributed by atoms with E-state index in [-0.39, 0.29) is 116 Å². The Kier molecular flexibility index (Phi) is 23.0. The topological polar surface area (TPSA) is 249 Å². The molecule has 3 aliphatic rings. The molecule has 8 rings (SSSR count). The number of likely N-dealkylation sites (N-methyl/N-ethyl adjacent to an activating group) is 2. The van der Waals surface area contributed by atoms with E-state index in [0.717, 1.165) is 49.0 Å². The highest BCUT2D eigenvalue weighted by Gasteiger charge is 2.41. The van der Waals surface area contributed by atoms with Crippen molar-refractivity contribution in [3.05, 3.63) is 123 Å². The molecule has 4 heterocycles. The summed E-state index contributed by atoms with van der Waals surface area (Å²) in [4.78, 5) is 101. The van der Waals surface area contributed by atoms with Crippen LogP contribution in [0.3, 0.4) is 0 Å². The molecule has 5 amide bonds. The number of hydrogen-bond acceptors (Lipinski definition) is 16. The standard InChI is InChI=1S/C62H76ClFN10O11S/c1-6-50(76)72-25-27-73(28-26-72)57-46-37-47(63)52(45(22-30-75)44-19-11-10-14-39(44)2)53(64)55(46)68-61(69-57)65-23-21-51(77)70(4)29-31-83-32-33-84-34-35-85-43-18-12-17-42(36-43)56(78)48-38-86-59(66-48)49-20-13-24-74(49)60(80)54(41-15-8-7-9-16-41)67-58(79)40(3)71(5)62(81)82/h6,10-12,14,17-19,22,36-38,40-41,49,54,75H,1,7-9,13,15-16,20-21,23-35H2,2-5H3,(H,67,79)(H,81,82)(H,65,68,69)/b45-22+/t40?,49?,54-/m0/s1. The highest BCUT2D eigenvalue weighted by atomic mass is 35.5. The third-order valence-electron chi connectivity index (χ3n) is 16.0. The molecule has 3 aromatic carbocycles. The lowest BCUT2D eigenvalue weighted by Crippen LogP contribution is -2.56. The molecule has 460 valence electrons. The van der Waals surface area contributed by atoms with E-state index in [2.05, 4.69) is 22.2 Å². The van der Waals surface area contributed by atoms with Crippen LogP contribution in [0, 0.1) is 18.7 Å². The second-order valence-electron chi connectivity index (χ2n) is 21.6. The molecule has 5 aromatic rings. The molecule has 0 radical (unpaired) electrons. The van der Waals surface area contributed by atoms with Gasteiger partial charge in [0.1, 0.15) is 46.5 Å². The summed E-state index contributed by atoms with van der Waals surface area (Å²) in [5, 5.41) is 28.4. The summed E-state index contributed by atoms with van der Waals surface area (Å²) < 4.78 is 34.4. The SMILES string of the molecule is C=CC(=O)N1CCN(c2nc(NCCC(=O)N(C)CCOCCOCCOc3cccc(C(=O)c4csc(C5CCCN5C(=O)[C@@H](NC(=O)C(C)N(C)C(=O)O)C5CCCCC5)n4)c3)nc3c(F)c(/C(=C/CO)c4ccccc4C)c(Cl)cc23)CC1. The number of carbonyl (C=O) groups excluding carboxylic acids is 5. The van der Waals surface area contributed by atoms with Crippen molar-refractivity contribution >= 4 is 86.7 Å². The van der Waals surface area contributed by atoms with Crippen LogP contribution in [-0.2, 0) is 28.7 Å². The second kappa shape index (κ2) is 30.7. The van der Waals surface area contributed by atoms with Crippen LogP contribution in [-0.4, -0.2) is 192 Å². The predicted octanol–water partition coefficient (Wildman–Crippen LogP) is 7.78. The Labute approximate surface area is 509 Å². The van der Waals surface area contributed by atoms with Gasteiger partial charge in [-0.25, -0.2) is 19.2 Å². The van der Waals surface area contributed by atoms with E-state index in [9.17, 15) is 39.0 Å². The number of halogens is 2. The van der Waals surface area contributed by atoms with Crippen molar-refractivity contribution < 1.29 is 57.6 Å². The number of hydrogen-bond donors (Lipinski definition) is 4. The number of carboxylic acid groups (broad SMARTS) is 1. The Balaban J connectivity index is 0.777. The van der Waals surface area contributed by atoms with Crippen molar-refractivity contribution in [1.82, 2.24) is 39.9 Å². The van der Waals surface area contributed by atoms with Crippen LogP contribution in [0.25, 0.3) is 16.5 Å². The number of anilines is 2. The van der Waals surface area contributed by atoms with E-state index in [1.165, 1.54) is 37.5 Å². The van der Waals surface area contributed by atoms with Crippen molar-refractivity contribution in [3.8, 4) is 5.75 Å². The van der Waals surface area contributed by atoms with Gasteiger partial charge in [0.15, 0.2) is 5.82 Å². The number of nitrogens with zero attached hydrogens (tertiary/aromatic N) is 8. The summed E-state index contributed by atoms with van der Waals surface area (Å²) in [7, 11) is 3.00. The highest BCUT2D eigenvalue weighted by molar-refractivity contribution is 7.10. The zero-order valence-electron chi connectivity index (χ0n) is 49.1. The Hall–Kier alpha value is -7.57. The van der Waals surface area contributed by atoms with Crippen LogP contribution in [0.5, 0.6) is 5.75 Å². The van der Waals surface area contributed by atoms with Gasteiger partial charge in [-0.2, -0.15) is 4.98 Å². The summed E-state index contributed by atoms with van der Waals surface area (Å²) in [5.74, 6) is -1.20. The first-order valence-corrected chi connectivity index (χ1v) is 30.4. The normalized spacial score (nSPS) is 16.4. The lowest BCUT2D eigenvalue weighted by atomic mass is 9.83. The van der Waals surface area contributed by atoms with Gasteiger partial charge in [0, 0.05) is 88.2 Å². The molecular formula is C62H76ClFN10O11S. The number of aliphatic hydroxyl groups excluding tert-OH is 1. The van der Waals surface area contributed by atoms with Crippen LogP contribution in [0.2, 0.25) is 5.02 Å². The number of thiazole rings is 1. The lowest BCUT2D eigenvalue weighted by molar-refractivity contribution is -0.140. The first-order chi connectivity index (χ1) is 41.5. The molecule has 2 unspecified atom stereocenters. The summed E-state index contributed by atoms with van der Waals surface area (Å²) in [6.07, 6.45) is 7.49. The van der Waals surface area contributed by atoms with Crippen molar-refractivity contribution in [3.63, 3.8) is 0 Å². The van der Waals surface area contributed by atoms with Gasteiger partial charge in [-0.3, -0.25) is 28.9 Å². The molecule has 21 nitrogen and oxygen atoms in total. The fraction of sp³-hybridized carbons (Fsp3) is 0.468. The fourth-order valence-corrected chi connectivity index (χ4v) is 12.3. The Morgan fingerprint density at radius 3 is 2.36 bits per heavy atom. The molecule has 4 N–H and O–H groups in total. The number of aliphatic hydroxyl groups is 1. The number of piperazine rings is 1. The van der Waals surface area contributed by atoms with Gasteiger partial charge in [-0.05, 0) is 86.4 Å². The smallest absolute Gasteiger partial charge is 0.407 e. The molecule has 3 atom stereocenters. The largest absolute Gasteiger partial charge is 0.491 e. The third kappa shape index (κ3) is 15.9. The third-order valence-corrected chi connectivity index (χ3v) is 17.3. The molecule has 0 bridgehead atoms. The Morgan fingerprint density at radius 2 is 1.64 bits per heavy atom. The fourth-order valence-electron chi connectivity index (χ4n) is 11.0. The van der Waals surface area contributed by atoms with Gasteiger partial charge in [0.25, 0.3) is 0 Å². The van der Waals surface area contributed by atoms with Crippen molar-refractivity contribution in [1.29, 1.82) is 0 Å². The number of aromatic nitrogens is 3. The van der Waals surface area contributed by atoms with E-state index in [0.29, 0.717) is 84.4 Å². The van der Waals surface area contributed by atoms with E-state index in [1.54, 1.807) is 57.5 Å². The van der Waals surface area contributed by atoms with Gasteiger partial charge >= 0.3 is 6.09 Å². The minimum absolute atomic E-state index is 0.00367. The van der Waals surface area contributed by atoms with Gasteiger partial charge in [0.2, 0.25) is 35.4 Å². The molecule has 86 heavy (non-hydrogen) atoms. The molecule has 1 saturated carbocycles. The maximum absolute atomic E-state index is 17.0. The number of nitrogens with one attached hydrogen (secondary N) is 2. The second-order valence-corrected chi connectivity index (χ2v) is 22.9. The molecule has 24 heteroatoms. The molecule has 2 aliphatic heterocycles. The number of ketones is 1. The Morgan fingerprint density at radius 1 is 0.907 bits per heavy atom. The molecule has 1 aliphatic carbocycles. The van der Waals surface area contributed by atoms with Crippen molar-refractivity contribution in [2.45, 2.75) is 83.3 Å². The first kappa shape index (κ1) is 64.4. The molecule has 3 fully saturated rings. The van der Waals surface area contributed by atoms with Gasteiger partial charge in [-0.1, -0.05) is 79.9 Å². The van der Waals surface area contributed by atoms with Crippen LogP contribution in [0.15, 0.2) is 78.7 Å². The van der Waals surface area contributed by atoms with E-state index in [4.69, 9.17) is 35.8 Å². The Bertz CT molecular complexity index is 3280. The number of amides is 5. The summed E-state index contributed by atoms with van der Waals surface area (Å²) in [6, 6.07) is 13.7. The minimum atomic E-state index is -1.24. The monoisotopic (exact) mass is 1220 g/mol. The maximum Gasteiger partial charge on any atom is 0.407 e. The number of aryl methyl sites for hydroxylation is 1. The predicted molar refractivity (Wildman–Crippen MR) is 326 cm³/mol. The number of benzene rings is 3. The van der Waals surface area contributed by atoms with Gasteiger partial charge < -0.3 is 54.7 Å². The van der Waals surface area contributed by atoms with Crippen LogP contribution < -0.4 is 20.3 Å². The average Bonchev–Trinajstić information content (AvgIpc) is 3.40. The zero-order chi connectivity index (χ0) is 61.4. The van der Waals surface area contributed by atoms with E-state index < -0.39 is 29.9 Å². The molecule has 2 aromatic heterocycles. The maximum atomic E-state index is 17.0. The number of ether oxygens (including phenoxy) is 3.